The van der Waals surface area contributed by atoms with Gasteiger partial charge in [-0.3, -0.25) is 0 Å². The Labute approximate surface area is 203 Å². The van der Waals surface area contributed by atoms with Crippen molar-refractivity contribution in [3.63, 3.8) is 0 Å². The van der Waals surface area contributed by atoms with E-state index >= 15 is 0 Å². The van der Waals surface area contributed by atoms with Crippen molar-refractivity contribution in [2.45, 2.75) is 136 Å². The maximum atomic E-state index is 11.8. The van der Waals surface area contributed by atoms with Gasteiger partial charge in [-0.2, -0.15) is 0 Å². The minimum absolute atomic E-state index is 0.438. The molecular formula is C30H48O3. The number of aryl methyl sites for hydroxylation is 1. The van der Waals surface area contributed by atoms with Crippen LogP contribution in [0.25, 0.3) is 0 Å². The molecule has 33 heavy (non-hydrogen) atoms. The van der Waals surface area contributed by atoms with Gasteiger partial charge in [-0.25, -0.2) is 4.79 Å². The fourth-order valence-electron chi connectivity index (χ4n) is 4.74. The van der Waals surface area contributed by atoms with E-state index in [1.54, 1.807) is 13.8 Å². The molecule has 1 unspecified atom stereocenters. The van der Waals surface area contributed by atoms with Crippen LogP contribution < -0.4 is 0 Å². The van der Waals surface area contributed by atoms with Crippen LogP contribution in [0.1, 0.15) is 135 Å². The molecule has 1 aromatic rings. The van der Waals surface area contributed by atoms with Crippen molar-refractivity contribution in [3.8, 4) is 0 Å². The van der Waals surface area contributed by atoms with Crippen molar-refractivity contribution in [3.05, 3.63) is 46.5 Å². The maximum Gasteiger partial charge on any atom is 0.336 e. The van der Waals surface area contributed by atoms with Crippen LogP contribution in [0.4, 0.5) is 0 Å². The summed E-state index contributed by atoms with van der Waals surface area (Å²) in [5, 5.41) is 10.8. The lowest BCUT2D eigenvalue weighted by Gasteiger charge is -2.23. The molecule has 1 aromatic carbocycles. The third-order valence-electron chi connectivity index (χ3n) is 7.28. The molecule has 1 aliphatic rings. The van der Waals surface area contributed by atoms with Gasteiger partial charge in [0.25, 0.3) is 5.79 Å². The standard InChI is InChI=1S/C30H48O3/c1-4-5-6-7-8-9-10-11-12-13-14-15-16-17-18-19-20-27-21-23-28(24-22-27)30(32)26(3)25(2)29(31)33-30/h21-24,32H,4-20H2,1-3H3. The molecule has 0 radical (unpaired) electrons. The van der Waals surface area contributed by atoms with Gasteiger partial charge in [0.05, 0.1) is 0 Å². The predicted octanol–water partition coefficient (Wildman–Crippen LogP) is 8.53. The zero-order chi connectivity index (χ0) is 23.9. The van der Waals surface area contributed by atoms with Crippen molar-refractivity contribution in [2.75, 3.05) is 0 Å². The summed E-state index contributed by atoms with van der Waals surface area (Å²) in [5.74, 6) is -2.04. The first-order chi connectivity index (χ1) is 16.0. The number of aliphatic hydroxyl groups is 1. The summed E-state index contributed by atoms with van der Waals surface area (Å²) in [6, 6.07) is 7.87. The number of benzene rings is 1. The lowest BCUT2D eigenvalue weighted by Crippen LogP contribution is -2.27. The highest BCUT2D eigenvalue weighted by atomic mass is 16.7. The Kier molecular flexibility index (Phi) is 12.8. The van der Waals surface area contributed by atoms with Crippen LogP contribution in [0, 0.1) is 0 Å². The highest BCUT2D eigenvalue weighted by Gasteiger charge is 2.43. The Morgan fingerprint density at radius 3 is 1.52 bits per heavy atom. The number of rotatable bonds is 18. The van der Waals surface area contributed by atoms with Gasteiger partial charge in [0.15, 0.2) is 0 Å². The minimum Gasteiger partial charge on any atom is -0.421 e. The molecule has 1 atom stereocenters. The molecule has 186 valence electrons. The summed E-state index contributed by atoms with van der Waals surface area (Å²) >= 11 is 0. The zero-order valence-corrected chi connectivity index (χ0v) is 21.6. The molecule has 0 aromatic heterocycles. The van der Waals surface area contributed by atoms with Crippen molar-refractivity contribution >= 4 is 5.97 Å². The van der Waals surface area contributed by atoms with Crippen LogP contribution in [0.15, 0.2) is 35.4 Å². The average molecular weight is 457 g/mol. The van der Waals surface area contributed by atoms with Crippen LogP contribution >= 0.6 is 0 Å². The van der Waals surface area contributed by atoms with Gasteiger partial charge in [0, 0.05) is 16.7 Å². The first-order valence-corrected chi connectivity index (χ1v) is 13.7. The molecule has 1 aliphatic heterocycles. The second kappa shape index (κ2) is 15.3. The largest absolute Gasteiger partial charge is 0.421 e. The Morgan fingerprint density at radius 1 is 0.697 bits per heavy atom. The Bertz CT molecular complexity index is 719. The Hall–Kier alpha value is -1.61. The van der Waals surface area contributed by atoms with Gasteiger partial charge in [0.2, 0.25) is 0 Å². The number of hydrogen-bond donors (Lipinski definition) is 1. The molecule has 0 fully saturated rings. The number of carbonyl (C=O) groups excluding carboxylic acids is 1. The van der Waals surface area contributed by atoms with Crippen LogP contribution in [0.3, 0.4) is 0 Å². The lowest BCUT2D eigenvalue weighted by molar-refractivity contribution is -0.185. The number of esters is 1. The first-order valence-electron chi connectivity index (χ1n) is 13.7. The number of unbranched alkanes of at least 4 members (excludes halogenated alkanes) is 15. The summed E-state index contributed by atoms with van der Waals surface area (Å²) in [6.07, 6.45) is 23.2. The number of carbonyl (C=O) groups is 1. The second-order valence-electron chi connectivity index (χ2n) is 10.0. The molecule has 0 bridgehead atoms. The van der Waals surface area contributed by atoms with E-state index < -0.39 is 11.8 Å². The fourth-order valence-corrected chi connectivity index (χ4v) is 4.74. The quantitative estimate of drug-likeness (QED) is 0.178. The minimum atomic E-state index is -1.60. The molecule has 3 heteroatoms. The van der Waals surface area contributed by atoms with E-state index in [-0.39, 0.29) is 0 Å². The first kappa shape index (κ1) is 27.6. The molecule has 2 rings (SSSR count). The molecule has 1 heterocycles. The van der Waals surface area contributed by atoms with Crippen molar-refractivity contribution in [1.82, 2.24) is 0 Å². The van der Waals surface area contributed by atoms with Gasteiger partial charge in [-0.1, -0.05) is 128 Å². The van der Waals surface area contributed by atoms with E-state index in [4.69, 9.17) is 4.74 Å². The summed E-state index contributed by atoms with van der Waals surface area (Å²) in [5.41, 5.74) is 2.98. The number of cyclic esters (lactones) is 1. The van der Waals surface area contributed by atoms with Gasteiger partial charge >= 0.3 is 5.97 Å². The van der Waals surface area contributed by atoms with E-state index in [0.717, 1.165) is 6.42 Å². The van der Waals surface area contributed by atoms with Crippen molar-refractivity contribution in [2.24, 2.45) is 0 Å². The molecule has 1 N–H and O–H groups in total. The SMILES string of the molecule is CCCCCCCCCCCCCCCCCCc1ccc(C2(O)OC(=O)C(C)=C2C)cc1. The third-order valence-corrected chi connectivity index (χ3v) is 7.28. The van der Waals surface area contributed by atoms with Crippen LogP contribution in [0.2, 0.25) is 0 Å². The van der Waals surface area contributed by atoms with Gasteiger partial charge in [0.1, 0.15) is 0 Å². The number of ether oxygens (including phenoxy) is 1. The van der Waals surface area contributed by atoms with Gasteiger partial charge in [-0.15, -0.1) is 0 Å². The smallest absolute Gasteiger partial charge is 0.336 e. The topological polar surface area (TPSA) is 46.5 Å². The second-order valence-corrected chi connectivity index (χ2v) is 10.0. The van der Waals surface area contributed by atoms with Crippen LogP contribution in [-0.4, -0.2) is 11.1 Å². The van der Waals surface area contributed by atoms with E-state index in [9.17, 15) is 9.90 Å². The predicted molar refractivity (Wildman–Crippen MR) is 138 cm³/mol. The van der Waals surface area contributed by atoms with E-state index in [1.165, 1.54) is 108 Å². The normalized spacial score (nSPS) is 18.2. The van der Waals surface area contributed by atoms with Crippen molar-refractivity contribution < 1.29 is 14.6 Å². The average Bonchev–Trinajstić information content (AvgIpc) is 3.02. The molecule has 0 spiro atoms. The zero-order valence-electron chi connectivity index (χ0n) is 21.6. The monoisotopic (exact) mass is 456 g/mol. The molecular weight excluding hydrogens is 408 g/mol. The summed E-state index contributed by atoms with van der Waals surface area (Å²) in [6.45, 7) is 5.73. The van der Waals surface area contributed by atoms with E-state index in [1.807, 2.05) is 24.3 Å². The third kappa shape index (κ3) is 9.27. The Morgan fingerprint density at radius 2 is 1.12 bits per heavy atom. The van der Waals surface area contributed by atoms with Gasteiger partial charge in [-0.05, 0) is 32.3 Å². The Balaban J connectivity index is 1.46. The summed E-state index contributed by atoms with van der Waals surface area (Å²) in [7, 11) is 0. The maximum absolute atomic E-state index is 11.8. The van der Waals surface area contributed by atoms with E-state index in [2.05, 4.69) is 6.92 Å². The molecule has 3 nitrogen and oxygen atoms in total. The van der Waals surface area contributed by atoms with Gasteiger partial charge < -0.3 is 9.84 Å². The summed E-state index contributed by atoms with van der Waals surface area (Å²) < 4.78 is 5.24. The molecule has 0 saturated carbocycles. The molecule has 0 aliphatic carbocycles. The van der Waals surface area contributed by atoms with Crippen LogP contribution in [-0.2, 0) is 21.7 Å². The highest BCUT2D eigenvalue weighted by molar-refractivity contribution is 5.92. The highest BCUT2D eigenvalue weighted by Crippen LogP contribution is 2.38. The molecule has 0 saturated heterocycles. The summed E-state index contributed by atoms with van der Waals surface area (Å²) in [4.78, 5) is 11.8. The fraction of sp³-hybridized carbons (Fsp3) is 0.700. The lowest BCUT2D eigenvalue weighted by atomic mass is 9.95. The number of hydrogen-bond acceptors (Lipinski definition) is 3. The van der Waals surface area contributed by atoms with Crippen molar-refractivity contribution in [1.29, 1.82) is 0 Å². The van der Waals surface area contributed by atoms with Crippen LogP contribution in [0.5, 0.6) is 0 Å². The van der Waals surface area contributed by atoms with E-state index in [0.29, 0.717) is 16.7 Å². The molecule has 0 amide bonds.